The van der Waals surface area contributed by atoms with Crippen LogP contribution in [0, 0.1) is 0 Å². The molecular formula is C15H12ClN5O4S3. The number of hydrogen-bond acceptors (Lipinski definition) is 10. The summed E-state index contributed by atoms with van der Waals surface area (Å²) in [5.41, 5.74) is 0.0510. The Hall–Kier alpha value is -2.28. The lowest BCUT2D eigenvalue weighted by Crippen LogP contribution is -2.18. The number of aromatic hydroxyl groups is 1. The number of aromatic nitrogens is 4. The molecule has 0 saturated carbocycles. The second-order valence-electron chi connectivity index (χ2n) is 5.31. The van der Waals surface area contributed by atoms with Crippen molar-refractivity contribution in [3.63, 3.8) is 0 Å². The molecule has 146 valence electrons. The van der Waals surface area contributed by atoms with E-state index in [9.17, 15) is 18.3 Å². The van der Waals surface area contributed by atoms with Gasteiger partial charge in [0.25, 0.3) is 5.91 Å². The largest absolute Gasteiger partial charge is 0.508 e. The molecule has 0 saturated heterocycles. The van der Waals surface area contributed by atoms with Gasteiger partial charge in [0.2, 0.25) is 20.1 Å². The van der Waals surface area contributed by atoms with Crippen molar-refractivity contribution in [3.8, 4) is 5.75 Å². The van der Waals surface area contributed by atoms with Crippen molar-refractivity contribution in [2.24, 2.45) is 0 Å². The number of anilines is 1. The number of halogens is 1. The van der Waals surface area contributed by atoms with E-state index in [0.717, 1.165) is 17.5 Å². The fourth-order valence-electron chi connectivity index (χ4n) is 2.09. The van der Waals surface area contributed by atoms with Crippen molar-refractivity contribution in [2.45, 2.75) is 15.2 Å². The Morgan fingerprint density at radius 1 is 1.36 bits per heavy atom. The summed E-state index contributed by atoms with van der Waals surface area (Å²) in [7, 11) is -3.98. The minimum atomic E-state index is -3.98. The number of nitrogens with one attached hydrogen (secondary N) is 1. The Morgan fingerprint density at radius 3 is 2.82 bits per heavy atom. The average molecular weight is 458 g/mol. The first-order valence-electron chi connectivity index (χ1n) is 7.50. The summed E-state index contributed by atoms with van der Waals surface area (Å²) in [6, 6.07) is 5.81. The number of amides is 1. The van der Waals surface area contributed by atoms with Crippen LogP contribution in [0.25, 0.3) is 0 Å². The summed E-state index contributed by atoms with van der Waals surface area (Å²) in [6.07, 6.45) is 2.86. The van der Waals surface area contributed by atoms with Gasteiger partial charge in [0.05, 0.1) is 17.0 Å². The third-order valence-corrected chi connectivity index (χ3v) is 6.84. The molecule has 3 aromatic rings. The lowest BCUT2D eigenvalue weighted by atomic mass is 10.2. The van der Waals surface area contributed by atoms with Crippen molar-refractivity contribution in [1.29, 1.82) is 0 Å². The monoisotopic (exact) mass is 457 g/mol. The highest BCUT2D eigenvalue weighted by molar-refractivity contribution is 8.00. The maximum Gasteiger partial charge on any atom is 0.277 e. The molecule has 2 aromatic heterocycles. The molecule has 0 atom stereocenters. The zero-order chi connectivity index (χ0) is 20.3. The minimum Gasteiger partial charge on any atom is -0.508 e. The van der Waals surface area contributed by atoms with Gasteiger partial charge in [-0.15, -0.1) is 10.2 Å². The predicted molar refractivity (Wildman–Crippen MR) is 106 cm³/mol. The number of phenolic OH excluding ortho intramolecular Hbond substituents is 1. The quantitative estimate of drug-likeness (QED) is 0.325. The summed E-state index contributed by atoms with van der Waals surface area (Å²) in [4.78, 5) is 20.0. The number of carbonyl (C=O) groups is 1. The minimum absolute atomic E-state index is 0.0635. The van der Waals surface area contributed by atoms with Crippen LogP contribution in [0.15, 0.2) is 40.0 Å². The zero-order valence-electron chi connectivity index (χ0n) is 14.2. The molecule has 13 heteroatoms. The second kappa shape index (κ2) is 8.39. The number of rotatable bonds is 6. The molecule has 3 rings (SSSR count). The normalized spacial score (nSPS) is 11.4. The molecule has 0 radical (unpaired) electrons. The van der Waals surface area contributed by atoms with Crippen molar-refractivity contribution >= 4 is 55.6 Å². The van der Waals surface area contributed by atoms with Gasteiger partial charge in [-0.1, -0.05) is 46.8 Å². The third-order valence-electron chi connectivity index (χ3n) is 3.28. The van der Waals surface area contributed by atoms with E-state index in [1.807, 2.05) is 6.26 Å². The Labute approximate surface area is 173 Å². The number of sulfone groups is 1. The van der Waals surface area contributed by atoms with E-state index in [4.69, 9.17) is 11.6 Å². The summed E-state index contributed by atoms with van der Waals surface area (Å²) >= 11 is 8.49. The van der Waals surface area contributed by atoms with E-state index in [-0.39, 0.29) is 21.6 Å². The molecule has 0 spiro atoms. The van der Waals surface area contributed by atoms with Crippen LogP contribution in [0.4, 0.5) is 5.13 Å². The maximum absolute atomic E-state index is 12.6. The van der Waals surface area contributed by atoms with Gasteiger partial charge < -0.3 is 5.11 Å². The lowest BCUT2D eigenvalue weighted by molar-refractivity contribution is 0.102. The first-order chi connectivity index (χ1) is 13.3. The van der Waals surface area contributed by atoms with Gasteiger partial charge in [-0.25, -0.2) is 18.4 Å². The van der Waals surface area contributed by atoms with E-state index in [0.29, 0.717) is 9.90 Å². The molecule has 2 heterocycles. The smallest absolute Gasteiger partial charge is 0.277 e. The van der Waals surface area contributed by atoms with Gasteiger partial charge in [0.15, 0.2) is 10.0 Å². The van der Waals surface area contributed by atoms with E-state index < -0.39 is 26.7 Å². The summed E-state index contributed by atoms with van der Waals surface area (Å²) in [5, 5.41) is 19.2. The van der Waals surface area contributed by atoms with E-state index in [1.165, 1.54) is 30.0 Å². The molecule has 0 aliphatic carbocycles. The van der Waals surface area contributed by atoms with Crippen molar-refractivity contribution in [2.75, 3.05) is 11.6 Å². The second-order valence-corrected chi connectivity index (χ2v) is 9.63. The van der Waals surface area contributed by atoms with Crippen LogP contribution in [-0.2, 0) is 15.6 Å². The Morgan fingerprint density at radius 2 is 2.14 bits per heavy atom. The SMILES string of the molecule is CSc1nnc(NC(=O)c2nc(S(=O)(=O)Cc3cccc(O)c3)ncc2Cl)s1. The van der Waals surface area contributed by atoms with Crippen LogP contribution in [0.1, 0.15) is 16.1 Å². The van der Waals surface area contributed by atoms with Crippen LogP contribution in [0.5, 0.6) is 5.75 Å². The number of nitrogens with zero attached hydrogens (tertiary/aromatic N) is 4. The van der Waals surface area contributed by atoms with Crippen LogP contribution in [-0.4, -0.2) is 45.9 Å². The van der Waals surface area contributed by atoms with Crippen molar-refractivity contribution in [1.82, 2.24) is 20.2 Å². The van der Waals surface area contributed by atoms with E-state index in [1.54, 1.807) is 6.07 Å². The predicted octanol–water partition coefficient (Wildman–Crippen LogP) is 2.64. The molecule has 0 fully saturated rings. The fourth-order valence-corrected chi connectivity index (χ4v) is 4.62. The molecule has 0 unspecified atom stereocenters. The number of hydrogen-bond donors (Lipinski definition) is 2. The fraction of sp³-hybridized carbons (Fsp3) is 0.133. The number of thioether (sulfide) groups is 1. The number of phenols is 1. The van der Waals surface area contributed by atoms with Crippen LogP contribution >= 0.6 is 34.7 Å². The topological polar surface area (TPSA) is 135 Å². The molecule has 28 heavy (non-hydrogen) atoms. The first kappa shape index (κ1) is 20.5. The van der Waals surface area contributed by atoms with Gasteiger partial charge in [0, 0.05) is 0 Å². The van der Waals surface area contributed by atoms with Crippen LogP contribution in [0.2, 0.25) is 5.02 Å². The first-order valence-corrected chi connectivity index (χ1v) is 11.6. The molecular weight excluding hydrogens is 446 g/mol. The Balaban J connectivity index is 1.86. The summed E-state index contributed by atoms with van der Waals surface area (Å²) in [5.74, 6) is -1.24. The Bertz CT molecular complexity index is 1140. The van der Waals surface area contributed by atoms with Gasteiger partial charge in [0.1, 0.15) is 5.75 Å². The van der Waals surface area contributed by atoms with E-state index >= 15 is 0 Å². The van der Waals surface area contributed by atoms with Crippen LogP contribution in [0.3, 0.4) is 0 Å². The number of carbonyl (C=O) groups excluding carboxylic acids is 1. The van der Waals surface area contributed by atoms with E-state index in [2.05, 4.69) is 25.5 Å². The van der Waals surface area contributed by atoms with Gasteiger partial charge in [-0.2, -0.15) is 0 Å². The molecule has 2 N–H and O–H groups in total. The van der Waals surface area contributed by atoms with Gasteiger partial charge in [-0.05, 0) is 24.0 Å². The van der Waals surface area contributed by atoms with Crippen molar-refractivity contribution < 1.29 is 18.3 Å². The molecule has 1 amide bonds. The third kappa shape index (κ3) is 4.76. The van der Waals surface area contributed by atoms with Gasteiger partial charge in [-0.3, -0.25) is 10.1 Å². The molecule has 1 aromatic carbocycles. The summed E-state index contributed by atoms with van der Waals surface area (Å²) < 4.78 is 25.8. The highest BCUT2D eigenvalue weighted by Gasteiger charge is 2.23. The summed E-state index contributed by atoms with van der Waals surface area (Å²) in [6.45, 7) is 0. The molecule has 0 aliphatic rings. The zero-order valence-corrected chi connectivity index (χ0v) is 17.4. The highest BCUT2D eigenvalue weighted by Crippen LogP contribution is 2.24. The van der Waals surface area contributed by atoms with Crippen LogP contribution < -0.4 is 5.32 Å². The standard InChI is InChI=1S/C15H12ClN5O4S3/c1-26-15-21-20-13(27-15)19-12(23)11-10(16)6-17-14(18-11)28(24,25)7-8-3-2-4-9(22)5-8/h2-6,22H,7H2,1H3,(H,19,20,23). The number of benzene rings is 1. The van der Waals surface area contributed by atoms with Gasteiger partial charge >= 0.3 is 0 Å². The molecule has 9 nitrogen and oxygen atoms in total. The lowest BCUT2D eigenvalue weighted by Gasteiger charge is -2.07. The Kier molecular flexibility index (Phi) is 6.13. The average Bonchev–Trinajstić information content (AvgIpc) is 3.09. The molecule has 0 aliphatic heterocycles. The highest BCUT2D eigenvalue weighted by atomic mass is 35.5. The maximum atomic E-state index is 12.6. The molecule has 0 bridgehead atoms. The van der Waals surface area contributed by atoms with Crippen molar-refractivity contribution in [3.05, 3.63) is 46.7 Å².